The topological polar surface area (TPSA) is 58.6 Å². The quantitative estimate of drug-likeness (QED) is 0.563. The van der Waals surface area contributed by atoms with Crippen LogP contribution in [0.1, 0.15) is 27.8 Å². The highest BCUT2D eigenvalue weighted by Crippen LogP contribution is 2.33. The molecule has 1 heterocycles. The summed E-state index contributed by atoms with van der Waals surface area (Å²) in [6.45, 7) is 6.09. The van der Waals surface area contributed by atoms with Crippen LogP contribution in [-0.4, -0.2) is 23.8 Å². The van der Waals surface area contributed by atoms with Crippen LogP contribution < -0.4 is 10.1 Å². The number of rotatable bonds is 6. The number of hydrogen-bond donors (Lipinski definition) is 1. The van der Waals surface area contributed by atoms with Crippen LogP contribution in [0.2, 0.25) is 0 Å². The minimum absolute atomic E-state index is 0.134. The molecule has 1 N–H and O–H groups in total. The number of carbonyl (C=O) groups excluding carboxylic acids is 2. The summed E-state index contributed by atoms with van der Waals surface area (Å²) in [6.07, 6.45) is 0. The number of carbonyl (C=O) groups is 2. The number of nitrogens with one attached hydrogen (secondary N) is 1. The van der Waals surface area contributed by atoms with Gasteiger partial charge in [0.2, 0.25) is 0 Å². The minimum atomic E-state index is -0.350. The second-order valence-corrected chi connectivity index (χ2v) is 8.07. The third kappa shape index (κ3) is 4.02. The highest BCUT2D eigenvalue weighted by atomic mass is 16.5. The van der Waals surface area contributed by atoms with E-state index < -0.39 is 0 Å². The summed E-state index contributed by atoms with van der Waals surface area (Å²) in [5.41, 5.74) is 6.12. The zero-order chi connectivity index (χ0) is 22.8. The summed E-state index contributed by atoms with van der Waals surface area (Å²) in [6, 6.07) is 21.1. The summed E-state index contributed by atoms with van der Waals surface area (Å²) in [4.78, 5) is 28.3. The lowest BCUT2D eigenvalue weighted by Crippen LogP contribution is -2.32. The predicted octanol–water partition coefficient (Wildman–Crippen LogP) is 5.01. The van der Waals surface area contributed by atoms with E-state index in [1.54, 1.807) is 7.11 Å². The van der Waals surface area contributed by atoms with E-state index in [0.29, 0.717) is 22.6 Å². The molecule has 0 radical (unpaired) electrons. The zero-order valence-corrected chi connectivity index (χ0v) is 18.7. The number of aryl methyl sites for hydroxylation is 3. The van der Waals surface area contributed by atoms with Gasteiger partial charge in [-0.1, -0.05) is 60.2 Å². The van der Waals surface area contributed by atoms with Gasteiger partial charge in [0.1, 0.15) is 11.4 Å². The summed E-state index contributed by atoms with van der Waals surface area (Å²) >= 11 is 0. The molecule has 0 saturated carbocycles. The molecule has 0 fully saturated rings. The molecule has 0 bridgehead atoms. The molecule has 1 aliphatic rings. The minimum Gasteiger partial charge on any atom is -0.496 e. The molecule has 32 heavy (non-hydrogen) atoms. The van der Waals surface area contributed by atoms with Gasteiger partial charge < -0.3 is 10.1 Å². The van der Waals surface area contributed by atoms with Crippen molar-refractivity contribution >= 4 is 23.1 Å². The molecule has 5 heteroatoms. The van der Waals surface area contributed by atoms with Gasteiger partial charge in [0.15, 0.2) is 0 Å². The Balaban J connectivity index is 1.78. The molecule has 0 atom stereocenters. The van der Waals surface area contributed by atoms with E-state index in [1.807, 2.05) is 87.5 Å². The lowest BCUT2D eigenvalue weighted by Gasteiger charge is -2.17. The van der Waals surface area contributed by atoms with Gasteiger partial charge in [0, 0.05) is 11.3 Å². The van der Waals surface area contributed by atoms with Crippen LogP contribution in [-0.2, 0) is 16.1 Å². The maximum absolute atomic E-state index is 13.5. The van der Waals surface area contributed by atoms with Crippen molar-refractivity contribution < 1.29 is 14.3 Å². The average molecular weight is 427 g/mol. The summed E-state index contributed by atoms with van der Waals surface area (Å²) in [5.74, 6) is -0.0316. The fourth-order valence-corrected chi connectivity index (χ4v) is 3.83. The van der Waals surface area contributed by atoms with E-state index in [-0.39, 0.29) is 18.4 Å². The molecule has 3 aromatic carbocycles. The number of hydrogen-bond acceptors (Lipinski definition) is 4. The second-order valence-electron chi connectivity index (χ2n) is 8.07. The first kappa shape index (κ1) is 21.4. The van der Waals surface area contributed by atoms with Gasteiger partial charge in [-0.15, -0.1) is 0 Å². The molecule has 0 saturated heterocycles. The Morgan fingerprint density at radius 1 is 0.844 bits per heavy atom. The van der Waals surface area contributed by atoms with Crippen LogP contribution in [0.25, 0.3) is 5.57 Å². The fraction of sp³-hybridized carbons (Fsp3) is 0.185. The smallest absolute Gasteiger partial charge is 0.278 e. The Hall–Kier alpha value is -3.86. The highest BCUT2D eigenvalue weighted by molar-refractivity contribution is 6.36. The van der Waals surface area contributed by atoms with Gasteiger partial charge in [0.05, 0.1) is 19.2 Å². The first-order valence-electron chi connectivity index (χ1n) is 10.5. The van der Waals surface area contributed by atoms with Crippen molar-refractivity contribution in [3.05, 3.63) is 100 Å². The van der Waals surface area contributed by atoms with Crippen molar-refractivity contribution in [1.29, 1.82) is 0 Å². The van der Waals surface area contributed by atoms with Gasteiger partial charge >= 0.3 is 0 Å². The van der Waals surface area contributed by atoms with Crippen LogP contribution in [0.3, 0.4) is 0 Å². The molecular weight excluding hydrogens is 400 g/mol. The van der Waals surface area contributed by atoms with Gasteiger partial charge in [-0.05, 0) is 49.6 Å². The SMILES string of the molecule is COc1ccccc1CN1C(=O)C(Nc2cc(C)ccc2C)=C(c2ccc(C)cc2)C1=O. The van der Waals surface area contributed by atoms with Gasteiger partial charge in [0.25, 0.3) is 11.8 Å². The molecule has 5 nitrogen and oxygen atoms in total. The maximum Gasteiger partial charge on any atom is 0.278 e. The number of methoxy groups -OCH3 is 1. The van der Waals surface area contributed by atoms with Gasteiger partial charge in [-0.3, -0.25) is 14.5 Å². The Morgan fingerprint density at radius 2 is 1.53 bits per heavy atom. The Bertz CT molecular complexity index is 1230. The van der Waals surface area contributed by atoms with Crippen molar-refractivity contribution in [3.8, 4) is 5.75 Å². The Labute approximate surface area is 188 Å². The third-order valence-electron chi connectivity index (χ3n) is 5.68. The normalized spacial score (nSPS) is 13.7. The van der Waals surface area contributed by atoms with Crippen LogP contribution in [0.5, 0.6) is 5.75 Å². The lowest BCUT2D eigenvalue weighted by atomic mass is 10.0. The van der Waals surface area contributed by atoms with Gasteiger partial charge in [-0.2, -0.15) is 0 Å². The number of ether oxygens (including phenoxy) is 1. The van der Waals surface area contributed by atoms with E-state index in [9.17, 15) is 9.59 Å². The summed E-state index contributed by atoms with van der Waals surface area (Å²) in [5, 5.41) is 3.27. The van der Waals surface area contributed by atoms with Crippen molar-refractivity contribution in [2.24, 2.45) is 0 Å². The van der Waals surface area contributed by atoms with Crippen LogP contribution in [0.15, 0.2) is 72.4 Å². The van der Waals surface area contributed by atoms with Gasteiger partial charge in [-0.25, -0.2) is 0 Å². The van der Waals surface area contributed by atoms with Crippen LogP contribution >= 0.6 is 0 Å². The number of para-hydroxylation sites is 1. The Morgan fingerprint density at radius 3 is 2.25 bits per heavy atom. The van der Waals surface area contributed by atoms with E-state index in [1.165, 1.54) is 4.90 Å². The number of amides is 2. The molecule has 0 aliphatic carbocycles. The molecule has 3 aromatic rings. The van der Waals surface area contributed by atoms with E-state index in [2.05, 4.69) is 5.32 Å². The summed E-state index contributed by atoms with van der Waals surface area (Å²) in [7, 11) is 1.58. The molecule has 1 aliphatic heterocycles. The first-order valence-corrected chi connectivity index (χ1v) is 10.5. The molecular formula is C27H26N2O3. The van der Waals surface area contributed by atoms with Crippen molar-refractivity contribution in [2.45, 2.75) is 27.3 Å². The van der Waals surface area contributed by atoms with Crippen molar-refractivity contribution in [2.75, 3.05) is 12.4 Å². The Kier molecular flexibility index (Phi) is 5.82. The lowest BCUT2D eigenvalue weighted by molar-refractivity contribution is -0.137. The largest absolute Gasteiger partial charge is 0.496 e. The molecule has 0 spiro atoms. The number of imide groups is 1. The fourth-order valence-electron chi connectivity index (χ4n) is 3.83. The number of anilines is 1. The number of nitrogens with zero attached hydrogens (tertiary/aromatic N) is 1. The molecule has 4 rings (SSSR count). The van der Waals surface area contributed by atoms with E-state index >= 15 is 0 Å². The summed E-state index contributed by atoms with van der Waals surface area (Å²) < 4.78 is 5.42. The van der Waals surface area contributed by atoms with Crippen molar-refractivity contribution in [3.63, 3.8) is 0 Å². The van der Waals surface area contributed by atoms with Crippen molar-refractivity contribution in [1.82, 2.24) is 4.90 Å². The molecule has 2 amide bonds. The maximum atomic E-state index is 13.5. The number of benzene rings is 3. The molecule has 0 unspecified atom stereocenters. The first-order chi connectivity index (χ1) is 15.4. The standard InChI is InChI=1S/C27H26N2O3/c1-17-10-13-20(14-11-17)24-25(28-22-15-18(2)9-12-19(22)3)27(31)29(26(24)30)16-21-7-5-6-8-23(21)32-4/h5-15,28H,16H2,1-4H3. The van der Waals surface area contributed by atoms with Crippen LogP contribution in [0.4, 0.5) is 5.69 Å². The molecule has 162 valence electrons. The third-order valence-corrected chi connectivity index (χ3v) is 5.68. The second kappa shape index (κ2) is 8.71. The van der Waals surface area contributed by atoms with Crippen LogP contribution in [0, 0.1) is 20.8 Å². The van der Waals surface area contributed by atoms with E-state index in [0.717, 1.165) is 27.9 Å². The highest BCUT2D eigenvalue weighted by Gasteiger charge is 2.39. The van der Waals surface area contributed by atoms with E-state index in [4.69, 9.17) is 4.74 Å². The zero-order valence-electron chi connectivity index (χ0n) is 18.7. The average Bonchev–Trinajstić information content (AvgIpc) is 3.01. The monoisotopic (exact) mass is 426 g/mol. The predicted molar refractivity (Wildman–Crippen MR) is 126 cm³/mol. The molecule has 0 aromatic heterocycles.